The summed E-state index contributed by atoms with van der Waals surface area (Å²) in [5, 5.41) is -0.379. The number of rotatable bonds is 3. The lowest BCUT2D eigenvalue weighted by Crippen LogP contribution is -2.19. The molecule has 1 aromatic rings. The van der Waals surface area contributed by atoms with Crippen LogP contribution in [0, 0.1) is 5.82 Å². The average molecular weight is 282 g/mol. The molecular weight excluding hydrogens is 270 g/mol. The second-order valence-electron chi connectivity index (χ2n) is 4.09. The van der Waals surface area contributed by atoms with Gasteiger partial charge in [-0.05, 0) is 25.5 Å². The first-order valence-electron chi connectivity index (χ1n) is 5.09. The largest absolute Gasteiger partial charge is 0.416 e. The highest BCUT2D eigenvalue weighted by molar-refractivity contribution is 6.30. The Hall–Kier alpha value is -1.07. The van der Waals surface area contributed by atoms with Gasteiger partial charge in [0, 0.05) is 11.6 Å². The van der Waals surface area contributed by atoms with Crippen LogP contribution in [0.15, 0.2) is 24.3 Å². The molecule has 1 rings (SSSR count). The van der Waals surface area contributed by atoms with Crippen molar-refractivity contribution in [2.75, 3.05) is 0 Å². The van der Waals surface area contributed by atoms with Gasteiger partial charge < -0.3 is 5.73 Å². The molecule has 0 aliphatic rings. The molecule has 0 aliphatic carbocycles. The smallest absolute Gasteiger partial charge is 0.324 e. The van der Waals surface area contributed by atoms with Crippen LogP contribution in [0.5, 0.6) is 0 Å². The number of alkyl halides is 3. The van der Waals surface area contributed by atoms with Crippen LogP contribution in [0.4, 0.5) is 17.6 Å². The predicted molar refractivity (Wildman–Crippen MR) is 62.8 cm³/mol. The van der Waals surface area contributed by atoms with E-state index in [-0.39, 0.29) is 11.4 Å². The van der Waals surface area contributed by atoms with E-state index in [1.165, 1.54) is 0 Å². The maximum absolute atomic E-state index is 13.8. The van der Waals surface area contributed by atoms with Crippen molar-refractivity contribution in [3.8, 4) is 0 Å². The van der Waals surface area contributed by atoms with E-state index in [1.54, 1.807) is 6.92 Å². The van der Waals surface area contributed by atoms with E-state index < -0.39 is 29.2 Å². The fourth-order valence-electron chi connectivity index (χ4n) is 1.65. The molecular formula is C12H12ClF4N. The van der Waals surface area contributed by atoms with Gasteiger partial charge in [0.25, 0.3) is 0 Å². The molecule has 1 nitrogen and oxygen atoms in total. The van der Waals surface area contributed by atoms with Crippen molar-refractivity contribution in [1.29, 1.82) is 0 Å². The highest BCUT2D eigenvalue weighted by Crippen LogP contribution is 2.38. The molecule has 18 heavy (non-hydrogen) atoms. The molecule has 0 radical (unpaired) electrons. The van der Waals surface area contributed by atoms with Gasteiger partial charge in [-0.25, -0.2) is 4.39 Å². The molecule has 0 unspecified atom stereocenters. The van der Waals surface area contributed by atoms with Crippen LogP contribution < -0.4 is 5.73 Å². The zero-order valence-corrected chi connectivity index (χ0v) is 10.4. The summed E-state index contributed by atoms with van der Waals surface area (Å²) < 4.78 is 52.1. The van der Waals surface area contributed by atoms with Crippen LogP contribution in [0.2, 0.25) is 5.02 Å². The van der Waals surface area contributed by atoms with Crippen molar-refractivity contribution in [3.05, 3.63) is 46.3 Å². The van der Waals surface area contributed by atoms with E-state index in [0.29, 0.717) is 5.57 Å². The minimum atomic E-state index is -4.67. The summed E-state index contributed by atoms with van der Waals surface area (Å²) >= 11 is 5.50. The first-order chi connectivity index (χ1) is 8.14. The molecule has 0 aliphatic heterocycles. The summed E-state index contributed by atoms with van der Waals surface area (Å²) in [6.45, 7) is 5.15. The number of hydrogen-bond donors (Lipinski definition) is 1. The van der Waals surface area contributed by atoms with Crippen LogP contribution in [0.1, 0.15) is 30.5 Å². The monoisotopic (exact) mass is 281 g/mol. The van der Waals surface area contributed by atoms with Gasteiger partial charge in [-0.15, -0.1) is 6.58 Å². The molecule has 1 atom stereocenters. The van der Waals surface area contributed by atoms with Gasteiger partial charge in [0.05, 0.1) is 10.6 Å². The molecule has 0 spiro atoms. The SMILES string of the molecule is C=C(C)C[C@@H](N)c1c(C(F)(F)F)ccc(Cl)c1F. The normalized spacial score (nSPS) is 13.5. The lowest BCUT2D eigenvalue weighted by atomic mass is 9.95. The standard InChI is InChI=1S/C12H12ClF4N/c1-6(2)5-9(18)10-7(12(15,16)17)3-4-8(13)11(10)14/h3-4,9H,1,5,18H2,2H3/t9-/m1/s1. The maximum Gasteiger partial charge on any atom is 0.416 e. The van der Waals surface area contributed by atoms with E-state index >= 15 is 0 Å². The Labute approximate surface area is 107 Å². The Kier molecular flexibility index (Phi) is 4.40. The van der Waals surface area contributed by atoms with Gasteiger partial charge in [0.15, 0.2) is 0 Å². The number of nitrogens with two attached hydrogens (primary N) is 1. The van der Waals surface area contributed by atoms with Crippen LogP contribution in [-0.2, 0) is 6.18 Å². The van der Waals surface area contributed by atoms with Crippen molar-refractivity contribution in [2.45, 2.75) is 25.6 Å². The highest BCUT2D eigenvalue weighted by atomic mass is 35.5. The quantitative estimate of drug-likeness (QED) is 0.642. The third-order valence-electron chi connectivity index (χ3n) is 2.38. The van der Waals surface area contributed by atoms with E-state index in [4.69, 9.17) is 17.3 Å². The number of halogens is 5. The van der Waals surface area contributed by atoms with Crippen molar-refractivity contribution in [3.63, 3.8) is 0 Å². The fraction of sp³-hybridized carbons (Fsp3) is 0.333. The summed E-state index contributed by atoms with van der Waals surface area (Å²) in [6, 6.07) is 0.480. The van der Waals surface area contributed by atoms with Gasteiger partial charge in [-0.1, -0.05) is 17.2 Å². The molecule has 0 saturated carbocycles. The highest BCUT2D eigenvalue weighted by Gasteiger charge is 2.36. The van der Waals surface area contributed by atoms with Crippen molar-refractivity contribution in [2.24, 2.45) is 5.73 Å². The van der Waals surface area contributed by atoms with Crippen LogP contribution in [-0.4, -0.2) is 0 Å². The first kappa shape index (κ1) is 15.0. The second-order valence-corrected chi connectivity index (χ2v) is 4.50. The molecule has 100 valence electrons. The third-order valence-corrected chi connectivity index (χ3v) is 2.67. The predicted octanol–water partition coefficient (Wildman–Crippen LogP) is 4.46. The zero-order valence-electron chi connectivity index (χ0n) is 9.61. The van der Waals surface area contributed by atoms with E-state index in [0.717, 1.165) is 12.1 Å². The molecule has 2 N–H and O–H groups in total. The minimum Gasteiger partial charge on any atom is -0.324 e. The van der Waals surface area contributed by atoms with Crippen LogP contribution >= 0.6 is 11.6 Å². The van der Waals surface area contributed by atoms with Gasteiger partial charge >= 0.3 is 6.18 Å². The van der Waals surface area contributed by atoms with E-state index in [2.05, 4.69) is 6.58 Å². The lowest BCUT2D eigenvalue weighted by molar-refractivity contribution is -0.138. The Morgan fingerprint density at radius 1 is 1.44 bits per heavy atom. The van der Waals surface area contributed by atoms with E-state index in [9.17, 15) is 17.6 Å². The number of benzene rings is 1. The third kappa shape index (κ3) is 3.23. The fourth-order valence-corrected chi connectivity index (χ4v) is 1.82. The Morgan fingerprint density at radius 2 is 2.00 bits per heavy atom. The molecule has 1 aromatic carbocycles. The van der Waals surface area contributed by atoms with Crippen molar-refractivity contribution < 1.29 is 17.6 Å². The second kappa shape index (κ2) is 5.28. The minimum absolute atomic E-state index is 0.0559. The summed E-state index contributed by atoms with van der Waals surface area (Å²) in [4.78, 5) is 0. The number of hydrogen-bond acceptors (Lipinski definition) is 1. The first-order valence-corrected chi connectivity index (χ1v) is 5.47. The molecule has 6 heteroatoms. The molecule has 0 aromatic heterocycles. The molecule has 0 saturated heterocycles. The molecule has 0 amide bonds. The maximum atomic E-state index is 13.8. The summed E-state index contributed by atoms with van der Waals surface area (Å²) in [5.74, 6) is -1.12. The van der Waals surface area contributed by atoms with E-state index in [1.807, 2.05) is 0 Å². The summed E-state index contributed by atoms with van der Waals surface area (Å²) in [7, 11) is 0. The molecule has 0 heterocycles. The summed E-state index contributed by atoms with van der Waals surface area (Å²) in [5.41, 5.74) is 4.46. The summed E-state index contributed by atoms with van der Waals surface area (Å²) in [6.07, 6.45) is -4.62. The van der Waals surface area contributed by atoms with Gasteiger partial charge in [0.1, 0.15) is 5.82 Å². The van der Waals surface area contributed by atoms with Gasteiger partial charge in [0.2, 0.25) is 0 Å². The van der Waals surface area contributed by atoms with Crippen LogP contribution in [0.25, 0.3) is 0 Å². The van der Waals surface area contributed by atoms with Crippen LogP contribution in [0.3, 0.4) is 0 Å². The Morgan fingerprint density at radius 3 is 2.44 bits per heavy atom. The van der Waals surface area contributed by atoms with Gasteiger partial charge in [-0.3, -0.25) is 0 Å². The van der Waals surface area contributed by atoms with Gasteiger partial charge in [-0.2, -0.15) is 13.2 Å². The average Bonchev–Trinajstić information content (AvgIpc) is 2.18. The zero-order chi connectivity index (χ0) is 14.1. The molecule has 0 bridgehead atoms. The van der Waals surface area contributed by atoms with Crippen molar-refractivity contribution >= 4 is 11.6 Å². The molecule has 0 fully saturated rings. The topological polar surface area (TPSA) is 26.0 Å². The van der Waals surface area contributed by atoms with Crippen molar-refractivity contribution in [1.82, 2.24) is 0 Å². The Bertz CT molecular complexity index is 468. The lowest BCUT2D eigenvalue weighted by Gasteiger charge is -2.19. The Balaban J connectivity index is 3.38.